The number of ether oxygens (including phenoxy) is 1. The molecular weight excluding hydrogens is 250 g/mol. The molecule has 3 aromatic rings. The third-order valence-corrected chi connectivity index (χ3v) is 2.96. The summed E-state index contributed by atoms with van der Waals surface area (Å²) >= 11 is 0. The maximum absolute atomic E-state index is 7.38. The van der Waals surface area contributed by atoms with E-state index in [0.29, 0.717) is 11.4 Å². The van der Waals surface area contributed by atoms with Crippen molar-refractivity contribution in [2.75, 3.05) is 0 Å². The molecule has 20 heavy (non-hydrogen) atoms. The summed E-state index contributed by atoms with van der Waals surface area (Å²) in [4.78, 5) is 4.00. The first-order chi connectivity index (χ1) is 9.72. The van der Waals surface area contributed by atoms with Gasteiger partial charge < -0.3 is 10.5 Å². The van der Waals surface area contributed by atoms with Gasteiger partial charge in [0, 0.05) is 12.3 Å². The van der Waals surface area contributed by atoms with Crippen LogP contribution in [0.3, 0.4) is 0 Å². The van der Waals surface area contributed by atoms with E-state index in [9.17, 15) is 0 Å². The van der Waals surface area contributed by atoms with Crippen LogP contribution >= 0.6 is 0 Å². The highest BCUT2D eigenvalue weighted by atomic mass is 16.5. The number of nitrogens with zero attached hydrogens (tertiary/aromatic N) is 1. The van der Waals surface area contributed by atoms with Gasteiger partial charge in [-0.15, -0.1) is 0 Å². The molecule has 0 spiro atoms. The first kappa shape index (κ1) is 12.2. The average Bonchev–Trinajstić information content (AvgIpc) is 2.47. The van der Waals surface area contributed by atoms with Crippen LogP contribution in [0.2, 0.25) is 0 Å². The number of hydrogen-bond donors (Lipinski definition) is 2. The fraction of sp³-hybridized carbons (Fsp3) is 0. The Morgan fingerprint density at radius 1 is 0.950 bits per heavy atom. The summed E-state index contributed by atoms with van der Waals surface area (Å²) in [6, 6.07) is 17.4. The van der Waals surface area contributed by atoms with Gasteiger partial charge in [0.15, 0.2) is 0 Å². The maximum Gasteiger partial charge on any atom is 0.141 e. The molecule has 98 valence electrons. The van der Waals surface area contributed by atoms with E-state index in [1.165, 1.54) is 5.39 Å². The van der Waals surface area contributed by atoms with E-state index in [0.717, 1.165) is 11.1 Å². The first-order valence-electron chi connectivity index (χ1n) is 6.19. The second-order valence-corrected chi connectivity index (χ2v) is 4.40. The standard InChI is InChI=1S/C16H13N3O/c17-16(18)15-10-14(7-8-19-15)20-13-6-5-11-3-1-2-4-12(11)9-13/h1-10H,(H3,17,18). The Kier molecular flexibility index (Phi) is 3.05. The molecule has 0 saturated carbocycles. The summed E-state index contributed by atoms with van der Waals surface area (Å²) in [6.45, 7) is 0. The van der Waals surface area contributed by atoms with Crippen molar-refractivity contribution in [3.63, 3.8) is 0 Å². The van der Waals surface area contributed by atoms with E-state index in [4.69, 9.17) is 15.9 Å². The highest BCUT2D eigenvalue weighted by Crippen LogP contribution is 2.25. The van der Waals surface area contributed by atoms with Crippen molar-refractivity contribution >= 4 is 16.6 Å². The molecule has 0 unspecified atom stereocenters. The molecule has 0 bridgehead atoms. The van der Waals surface area contributed by atoms with Crippen molar-refractivity contribution in [1.29, 1.82) is 5.41 Å². The summed E-state index contributed by atoms with van der Waals surface area (Å²) in [5.41, 5.74) is 5.82. The van der Waals surface area contributed by atoms with E-state index in [2.05, 4.69) is 11.1 Å². The fourth-order valence-corrected chi connectivity index (χ4v) is 1.99. The number of aromatic nitrogens is 1. The van der Waals surface area contributed by atoms with Gasteiger partial charge in [-0.2, -0.15) is 0 Å². The van der Waals surface area contributed by atoms with Crippen LogP contribution in [0.15, 0.2) is 60.8 Å². The number of rotatable bonds is 3. The Labute approximate surface area is 116 Å². The van der Waals surface area contributed by atoms with Gasteiger partial charge in [-0.3, -0.25) is 10.4 Å². The van der Waals surface area contributed by atoms with Crippen molar-refractivity contribution in [1.82, 2.24) is 4.98 Å². The molecule has 0 aliphatic carbocycles. The number of nitrogens with one attached hydrogen (secondary N) is 1. The van der Waals surface area contributed by atoms with Crippen LogP contribution in [0.25, 0.3) is 10.8 Å². The topological polar surface area (TPSA) is 72.0 Å². The van der Waals surface area contributed by atoms with Crippen LogP contribution < -0.4 is 10.5 Å². The molecule has 0 atom stereocenters. The summed E-state index contributed by atoms with van der Waals surface area (Å²) in [6.07, 6.45) is 1.58. The SMILES string of the molecule is N=C(N)c1cc(Oc2ccc3ccccc3c2)ccn1. The summed E-state index contributed by atoms with van der Waals surface area (Å²) in [5, 5.41) is 9.66. The zero-order valence-electron chi connectivity index (χ0n) is 10.7. The Balaban J connectivity index is 1.92. The van der Waals surface area contributed by atoms with E-state index >= 15 is 0 Å². The Hall–Kier alpha value is -2.88. The Morgan fingerprint density at radius 2 is 1.70 bits per heavy atom. The van der Waals surface area contributed by atoms with Gasteiger partial charge in [-0.05, 0) is 29.0 Å². The molecule has 4 heteroatoms. The van der Waals surface area contributed by atoms with Gasteiger partial charge in [-0.25, -0.2) is 0 Å². The van der Waals surface area contributed by atoms with E-state index in [1.54, 1.807) is 18.3 Å². The molecule has 0 aliphatic rings. The van der Waals surface area contributed by atoms with Crippen LogP contribution in [0.5, 0.6) is 11.5 Å². The number of amidine groups is 1. The van der Waals surface area contributed by atoms with E-state index in [-0.39, 0.29) is 5.84 Å². The summed E-state index contributed by atoms with van der Waals surface area (Å²) in [5.74, 6) is 1.28. The van der Waals surface area contributed by atoms with Gasteiger partial charge in [0.1, 0.15) is 23.0 Å². The Bertz CT molecular complexity index is 783. The zero-order chi connectivity index (χ0) is 13.9. The molecule has 3 rings (SSSR count). The second-order valence-electron chi connectivity index (χ2n) is 4.40. The number of benzene rings is 2. The van der Waals surface area contributed by atoms with Crippen LogP contribution in [-0.2, 0) is 0 Å². The monoisotopic (exact) mass is 263 g/mol. The largest absolute Gasteiger partial charge is 0.457 e. The number of nitrogen functional groups attached to an aromatic ring is 1. The van der Waals surface area contributed by atoms with Crippen molar-refractivity contribution in [2.24, 2.45) is 5.73 Å². The predicted octanol–water partition coefficient (Wildman–Crippen LogP) is 3.31. The number of hydrogen-bond acceptors (Lipinski definition) is 3. The summed E-state index contributed by atoms with van der Waals surface area (Å²) < 4.78 is 5.79. The third kappa shape index (κ3) is 2.44. The normalized spacial score (nSPS) is 10.4. The first-order valence-corrected chi connectivity index (χ1v) is 6.19. The van der Waals surface area contributed by atoms with Crippen LogP contribution in [0.1, 0.15) is 5.69 Å². The van der Waals surface area contributed by atoms with Crippen LogP contribution in [0.4, 0.5) is 0 Å². The van der Waals surface area contributed by atoms with Crippen molar-refractivity contribution < 1.29 is 4.74 Å². The lowest BCUT2D eigenvalue weighted by molar-refractivity contribution is 0.482. The highest BCUT2D eigenvalue weighted by molar-refractivity contribution is 5.93. The molecule has 0 fully saturated rings. The number of nitrogens with two attached hydrogens (primary N) is 1. The molecule has 4 nitrogen and oxygen atoms in total. The minimum atomic E-state index is -0.0750. The molecule has 0 saturated heterocycles. The second kappa shape index (κ2) is 5.01. The molecule has 0 radical (unpaired) electrons. The van der Waals surface area contributed by atoms with Crippen molar-refractivity contribution in [2.45, 2.75) is 0 Å². The fourth-order valence-electron chi connectivity index (χ4n) is 1.99. The quantitative estimate of drug-likeness (QED) is 0.562. The lowest BCUT2D eigenvalue weighted by Crippen LogP contribution is -2.12. The molecule has 1 heterocycles. The highest BCUT2D eigenvalue weighted by Gasteiger charge is 2.03. The lowest BCUT2D eigenvalue weighted by Gasteiger charge is -2.07. The minimum absolute atomic E-state index is 0.0750. The lowest BCUT2D eigenvalue weighted by atomic mass is 10.1. The van der Waals surface area contributed by atoms with Gasteiger partial charge in [0.2, 0.25) is 0 Å². The predicted molar refractivity (Wildman–Crippen MR) is 79.3 cm³/mol. The smallest absolute Gasteiger partial charge is 0.141 e. The van der Waals surface area contributed by atoms with Gasteiger partial charge >= 0.3 is 0 Å². The minimum Gasteiger partial charge on any atom is -0.457 e. The third-order valence-electron chi connectivity index (χ3n) is 2.96. The average molecular weight is 263 g/mol. The number of fused-ring (bicyclic) bond motifs is 1. The zero-order valence-corrected chi connectivity index (χ0v) is 10.7. The van der Waals surface area contributed by atoms with Gasteiger partial charge in [0.05, 0.1) is 0 Å². The molecule has 0 aliphatic heterocycles. The Morgan fingerprint density at radius 3 is 2.50 bits per heavy atom. The molecule has 0 amide bonds. The molecule has 1 aromatic heterocycles. The van der Waals surface area contributed by atoms with Crippen molar-refractivity contribution in [3.8, 4) is 11.5 Å². The van der Waals surface area contributed by atoms with Gasteiger partial charge in [0.25, 0.3) is 0 Å². The van der Waals surface area contributed by atoms with Crippen LogP contribution in [0, 0.1) is 5.41 Å². The maximum atomic E-state index is 7.38. The molecule has 2 aromatic carbocycles. The van der Waals surface area contributed by atoms with E-state index < -0.39 is 0 Å². The molecule has 3 N–H and O–H groups in total. The van der Waals surface area contributed by atoms with E-state index in [1.807, 2.05) is 36.4 Å². The summed E-state index contributed by atoms with van der Waals surface area (Å²) in [7, 11) is 0. The van der Waals surface area contributed by atoms with Gasteiger partial charge in [-0.1, -0.05) is 30.3 Å². The molecular formula is C16H13N3O. The van der Waals surface area contributed by atoms with Crippen molar-refractivity contribution in [3.05, 3.63) is 66.5 Å². The van der Waals surface area contributed by atoms with Crippen LogP contribution in [-0.4, -0.2) is 10.8 Å². The number of pyridine rings is 1.